The van der Waals surface area contributed by atoms with Crippen molar-refractivity contribution in [1.82, 2.24) is 15.0 Å². The van der Waals surface area contributed by atoms with Crippen LogP contribution in [-0.4, -0.2) is 19.9 Å². The second kappa shape index (κ2) is 5.92. The first-order valence-corrected chi connectivity index (χ1v) is 6.79. The van der Waals surface area contributed by atoms with Crippen LogP contribution in [0.3, 0.4) is 0 Å². The van der Waals surface area contributed by atoms with E-state index in [9.17, 15) is 10.1 Å². The van der Waals surface area contributed by atoms with Gasteiger partial charge in [-0.05, 0) is 12.0 Å². The van der Waals surface area contributed by atoms with Crippen molar-refractivity contribution in [2.24, 2.45) is 0 Å². The van der Waals surface area contributed by atoms with Gasteiger partial charge in [-0.15, -0.1) is 5.10 Å². The van der Waals surface area contributed by atoms with E-state index in [0.29, 0.717) is 6.54 Å². The third-order valence-electron chi connectivity index (χ3n) is 2.70. The van der Waals surface area contributed by atoms with E-state index >= 15 is 0 Å². The molecule has 0 fully saturated rings. The third-order valence-corrected chi connectivity index (χ3v) is 3.82. The minimum Gasteiger partial charge on any atom is -0.258 e. The molecule has 0 amide bonds. The summed E-state index contributed by atoms with van der Waals surface area (Å²) in [4.78, 5) is 10.5. The van der Waals surface area contributed by atoms with Crippen molar-refractivity contribution in [3.8, 4) is 0 Å². The van der Waals surface area contributed by atoms with Gasteiger partial charge in [0.2, 0.25) is 0 Å². The normalized spacial score (nSPS) is 12.3. The molecule has 2 rings (SSSR count). The highest BCUT2D eigenvalue weighted by Crippen LogP contribution is 2.23. The molecule has 2 aromatic rings. The van der Waals surface area contributed by atoms with E-state index in [1.54, 1.807) is 16.8 Å². The molecule has 1 aromatic heterocycles. The lowest BCUT2D eigenvalue weighted by Gasteiger charge is -2.01. The molecule has 0 saturated heterocycles. The largest absolute Gasteiger partial charge is 0.269 e. The molecule has 7 heteroatoms. The highest BCUT2D eigenvalue weighted by Gasteiger charge is 2.11. The van der Waals surface area contributed by atoms with Crippen LogP contribution in [0.5, 0.6) is 0 Å². The lowest BCUT2D eigenvalue weighted by Crippen LogP contribution is -2.01. The predicted octanol–water partition coefficient (Wildman–Crippen LogP) is 3.08. The Morgan fingerprint density at radius 2 is 2.32 bits per heavy atom. The Bertz CT molecular complexity index is 585. The maximum absolute atomic E-state index is 10.7. The summed E-state index contributed by atoms with van der Waals surface area (Å²) in [6, 6.07) is 6.53. The molecular weight excluding hydrogens is 312 g/mol. The second-order valence-corrected chi connectivity index (χ2v) is 5.25. The zero-order valence-corrected chi connectivity index (χ0v) is 11.9. The lowest BCUT2D eigenvalue weighted by atomic mass is 10.2. The van der Waals surface area contributed by atoms with Crippen LogP contribution >= 0.6 is 15.9 Å². The van der Waals surface area contributed by atoms with Gasteiger partial charge < -0.3 is 0 Å². The van der Waals surface area contributed by atoms with E-state index in [1.807, 2.05) is 12.3 Å². The van der Waals surface area contributed by atoms with Crippen molar-refractivity contribution in [3.05, 3.63) is 51.8 Å². The molecule has 6 nitrogen and oxygen atoms in total. The van der Waals surface area contributed by atoms with Crippen LogP contribution in [0.4, 0.5) is 5.69 Å². The molecule has 0 aliphatic heterocycles. The first-order chi connectivity index (χ1) is 9.10. The standard InChI is InChI=1S/C12H13BrN4O2/c1-2-11(13)12-8-16(15-14-12)7-9-4-3-5-10(6-9)17(18)19/h3-6,8,11H,2,7H2,1H3. The van der Waals surface area contributed by atoms with E-state index in [-0.39, 0.29) is 10.5 Å². The first kappa shape index (κ1) is 13.7. The molecule has 19 heavy (non-hydrogen) atoms. The fourth-order valence-electron chi connectivity index (χ4n) is 1.70. The van der Waals surface area contributed by atoms with Crippen LogP contribution in [0.25, 0.3) is 0 Å². The van der Waals surface area contributed by atoms with Crippen LogP contribution in [0.15, 0.2) is 30.5 Å². The van der Waals surface area contributed by atoms with Crippen molar-refractivity contribution in [3.63, 3.8) is 0 Å². The number of benzene rings is 1. The van der Waals surface area contributed by atoms with Gasteiger partial charge in [0.1, 0.15) is 0 Å². The molecule has 0 radical (unpaired) electrons. The predicted molar refractivity (Wildman–Crippen MR) is 74.2 cm³/mol. The maximum Gasteiger partial charge on any atom is 0.269 e. The van der Waals surface area contributed by atoms with Crippen LogP contribution in [0.2, 0.25) is 0 Å². The number of nitro benzene ring substituents is 1. The van der Waals surface area contributed by atoms with Crippen molar-refractivity contribution >= 4 is 21.6 Å². The van der Waals surface area contributed by atoms with Gasteiger partial charge in [-0.1, -0.05) is 40.2 Å². The molecule has 100 valence electrons. The smallest absolute Gasteiger partial charge is 0.258 e. The molecule has 0 saturated carbocycles. The molecule has 0 N–H and O–H groups in total. The van der Waals surface area contributed by atoms with Gasteiger partial charge in [0.15, 0.2) is 0 Å². The summed E-state index contributed by atoms with van der Waals surface area (Å²) in [5.74, 6) is 0. The molecule has 0 aliphatic carbocycles. The fourth-order valence-corrected chi connectivity index (χ4v) is 1.91. The monoisotopic (exact) mass is 324 g/mol. The zero-order valence-electron chi connectivity index (χ0n) is 10.4. The molecule has 1 atom stereocenters. The van der Waals surface area contributed by atoms with Crippen LogP contribution in [-0.2, 0) is 6.54 Å². The van der Waals surface area contributed by atoms with Gasteiger partial charge in [-0.3, -0.25) is 10.1 Å². The Hall–Kier alpha value is -1.76. The average molecular weight is 325 g/mol. The highest BCUT2D eigenvalue weighted by molar-refractivity contribution is 9.09. The number of nitro groups is 1. The van der Waals surface area contributed by atoms with Gasteiger partial charge in [0.25, 0.3) is 5.69 Å². The van der Waals surface area contributed by atoms with Gasteiger partial charge in [-0.25, -0.2) is 4.68 Å². The fraction of sp³-hybridized carbons (Fsp3) is 0.333. The van der Waals surface area contributed by atoms with Crippen molar-refractivity contribution in [2.45, 2.75) is 24.7 Å². The van der Waals surface area contributed by atoms with Crippen LogP contribution in [0, 0.1) is 10.1 Å². The quantitative estimate of drug-likeness (QED) is 0.481. The first-order valence-electron chi connectivity index (χ1n) is 5.87. The number of rotatable bonds is 5. The Morgan fingerprint density at radius 3 is 3.00 bits per heavy atom. The zero-order chi connectivity index (χ0) is 13.8. The van der Waals surface area contributed by atoms with Crippen LogP contribution in [0.1, 0.15) is 29.4 Å². The number of hydrogen-bond acceptors (Lipinski definition) is 4. The Kier molecular flexibility index (Phi) is 4.26. The molecular formula is C12H13BrN4O2. The van der Waals surface area contributed by atoms with Crippen molar-refractivity contribution in [2.75, 3.05) is 0 Å². The maximum atomic E-state index is 10.7. The van der Waals surface area contributed by atoms with Gasteiger partial charge in [0.05, 0.1) is 22.0 Å². The number of halogens is 1. The molecule has 0 bridgehead atoms. The summed E-state index contributed by atoms with van der Waals surface area (Å²) in [5.41, 5.74) is 1.78. The Balaban J connectivity index is 2.15. The molecule has 0 aliphatic rings. The van der Waals surface area contributed by atoms with Gasteiger partial charge in [0, 0.05) is 18.3 Å². The summed E-state index contributed by atoms with van der Waals surface area (Å²) >= 11 is 3.51. The van der Waals surface area contributed by atoms with E-state index in [0.717, 1.165) is 17.7 Å². The molecule has 1 aromatic carbocycles. The SMILES string of the molecule is CCC(Br)c1cn(Cc2cccc([N+](=O)[O-])c2)nn1. The number of alkyl halides is 1. The highest BCUT2D eigenvalue weighted by atomic mass is 79.9. The Labute approximate surface area is 118 Å². The number of nitrogens with zero attached hydrogens (tertiary/aromatic N) is 4. The van der Waals surface area contributed by atoms with E-state index in [2.05, 4.69) is 33.2 Å². The number of hydrogen-bond donors (Lipinski definition) is 0. The molecule has 1 unspecified atom stereocenters. The van der Waals surface area contributed by atoms with E-state index in [4.69, 9.17) is 0 Å². The third kappa shape index (κ3) is 3.37. The van der Waals surface area contributed by atoms with E-state index in [1.165, 1.54) is 6.07 Å². The molecule has 1 heterocycles. The second-order valence-electron chi connectivity index (χ2n) is 4.14. The minimum absolute atomic E-state index is 0.0877. The van der Waals surface area contributed by atoms with Gasteiger partial charge >= 0.3 is 0 Å². The lowest BCUT2D eigenvalue weighted by molar-refractivity contribution is -0.384. The Morgan fingerprint density at radius 1 is 1.53 bits per heavy atom. The summed E-state index contributed by atoms with van der Waals surface area (Å²) in [5, 5.41) is 18.8. The minimum atomic E-state index is -0.401. The summed E-state index contributed by atoms with van der Waals surface area (Å²) in [7, 11) is 0. The summed E-state index contributed by atoms with van der Waals surface area (Å²) in [6.45, 7) is 2.52. The number of aromatic nitrogens is 3. The topological polar surface area (TPSA) is 73.8 Å². The summed E-state index contributed by atoms with van der Waals surface area (Å²) in [6.07, 6.45) is 2.78. The van der Waals surface area contributed by atoms with E-state index < -0.39 is 4.92 Å². The van der Waals surface area contributed by atoms with Crippen molar-refractivity contribution < 1.29 is 4.92 Å². The number of non-ortho nitro benzene ring substituents is 1. The molecule has 0 spiro atoms. The summed E-state index contributed by atoms with van der Waals surface area (Å²) < 4.78 is 1.68. The van der Waals surface area contributed by atoms with Crippen LogP contribution < -0.4 is 0 Å². The van der Waals surface area contributed by atoms with Gasteiger partial charge in [-0.2, -0.15) is 0 Å². The average Bonchev–Trinajstić information content (AvgIpc) is 2.86. The van der Waals surface area contributed by atoms with Crippen molar-refractivity contribution in [1.29, 1.82) is 0 Å².